The predicted molar refractivity (Wildman–Crippen MR) is 80.9 cm³/mol. The highest BCUT2D eigenvalue weighted by Gasteiger charge is 2.04. The lowest BCUT2D eigenvalue weighted by molar-refractivity contribution is 0.304. The van der Waals surface area contributed by atoms with Gasteiger partial charge in [0.2, 0.25) is 0 Å². The average Bonchev–Trinajstić information content (AvgIpc) is 2.42. The minimum Gasteiger partial charge on any atom is -0.497 e. The monoisotopic (exact) mass is 320 g/mol. The summed E-state index contributed by atoms with van der Waals surface area (Å²) in [6.45, 7) is 4.67. The van der Waals surface area contributed by atoms with E-state index in [1.54, 1.807) is 7.11 Å². The van der Waals surface area contributed by atoms with Crippen LogP contribution in [0.3, 0.4) is 0 Å². The highest BCUT2D eigenvalue weighted by atomic mass is 79.9. The van der Waals surface area contributed by atoms with Crippen LogP contribution in [0.2, 0.25) is 0 Å². The number of ether oxygens (including phenoxy) is 2. The first-order valence-corrected chi connectivity index (χ1v) is 6.92. The van der Waals surface area contributed by atoms with Crippen LogP contribution in [0, 0.1) is 13.8 Å². The average molecular weight is 321 g/mol. The third kappa shape index (κ3) is 3.51. The van der Waals surface area contributed by atoms with Crippen molar-refractivity contribution in [2.45, 2.75) is 20.5 Å². The molecular formula is C16H17BrO2. The second kappa shape index (κ2) is 6.11. The zero-order valence-electron chi connectivity index (χ0n) is 11.4. The fourth-order valence-electron chi connectivity index (χ4n) is 1.92. The van der Waals surface area contributed by atoms with E-state index in [4.69, 9.17) is 9.47 Å². The van der Waals surface area contributed by atoms with Crippen LogP contribution >= 0.6 is 15.9 Å². The van der Waals surface area contributed by atoms with Crippen molar-refractivity contribution in [3.63, 3.8) is 0 Å². The molecule has 0 fully saturated rings. The van der Waals surface area contributed by atoms with Crippen LogP contribution in [0.4, 0.5) is 0 Å². The van der Waals surface area contributed by atoms with Crippen molar-refractivity contribution in [1.29, 1.82) is 0 Å². The molecule has 0 amide bonds. The van der Waals surface area contributed by atoms with E-state index in [9.17, 15) is 0 Å². The number of rotatable bonds is 4. The van der Waals surface area contributed by atoms with E-state index >= 15 is 0 Å². The summed E-state index contributed by atoms with van der Waals surface area (Å²) in [4.78, 5) is 0. The topological polar surface area (TPSA) is 18.5 Å². The van der Waals surface area contributed by atoms with Crippen molar-refractivity contribution in [3.8, 4) is 11.5 Å². The Morgan fingerprint density at radius 1 is 1.00 bits per heavy atom. The molecule has 0 unspecified atom stereocenters. The van der Waals surface area contributed by atoms with Crippen LogP contribution < -0.4 is 9.47 Å². The Hall–Kier alpha value is -1.48. The van der Waals surface area contributed by atoms with Gasteiger partial charge in [0.1, 0.15) is 18.1 Å². The SMILES string of the molecule is COc1cccc(COc2cc(C)c(Br)c(C)c2)c1. The van der Waals surface area contributed by atoms with E-state index in [1.165, 1.54) is 11.1 Å². The first-order valence-electron chi connectivity index (χ1n) is 6.12. The van der Waals surface area contributed by atoms with Gasteiger partial charge in [-0.05, 0) is 54.8 Å². The van der Waals surface area contributed by atoms with Gasteiger partial charge in [0.15, 0.2) is 0 Å². The van der Waals surface area contributed by atoms with Gasteiger partial charge in [0, 0.05) is 4.47 Å². The Morgan fingerprint density at radius 3 is 2.32 bits per heavy atom. The van der Waals surface area contributed by atoms with Gasteiger partial charge >= 0.3 is 0 Å². The van der Waals surface area contributed by atoms with Gasteiger partial charge in [-0.2, -0.15) is 0 Å². The summed E-state index contributed by atoms with van der Waals surface area (Å²) >= 11 is 3.56. The summed E-state index contributed by atoms with van der Waals surface area (Å²) in [5.41, 5.74) is 3.46. The fourth-order valence-corrected chi connectivity index (χ4v) is 2.15. The minimum absolute atomic E-state index is 0.539. The first kappa shape index (κ1) is 13.9. The van der Waals surface area contributed by atoms with Crippen LogP contribution in [-0.2, 0) is 6.61 Å². The fraction of sp³-hybridized carbons (Fsp3) is 0.250. The van der Waals surface area contributed by atoms with Crippen molar-refractivity contribution < 1.29 is 9.47 Å². The molecule has 0 radical (unpaired) electrons. The van der Waals surface area contributed by atoms with Crippen LogP contribution in [0.25, 0.3) is 0 Å². The molecule has 2 rings (SSSR count). The van der Waals surface area contributed by atoms with E-state index in [2.05, 4.69) is 29.8 Å². The van der Waals surface area contributed by atoms with Crippen molar-refractivity contribution in [1.82, 2.24) is 0 Å². The van der Waals surface area contributed by atoms with E-state index in [1.807, 2.05) is 36.4 Å². The van der Waals surface area contributed by atoms with E-state index < -0.39 is 0 Å². The lowest BCUT2D eigenvalue weighted by Gasteiger charge is -2.10. The Labute approximate surface area is 122 Å². The molecule has 19 heavy (non-hydrogen) atoms. The zero-order chi connectivity index (χ0) is 13.8. The molecule has 0 bridgehead atoms. The Balaban J connectivity index is 2.10. The summed E-state index contributed by atoms with van der Waals surface area (Å²) < 4.78 is 12.2. The number of methoxy groups -OCH3 is 1. The molecule has 0 heterocycles. The smallest absolute Gasteiger partial charge is 0.120 e. The van der Waals surface area contributed by atoms with E-state index in [-0.39, 0.29) is 0 Å². The largest absolute Gasteiger partial charge is 0.497 e. The molecule has 2 aromatic rings. The molecule has 2 aromatic carbocycles. The van der Waals surface area contributed by atoms with Crippen LogP contribution in [0.5, 0.6) is 11.5 Å². The first-order chi connectivity index (χ1) is 9.10. The summed E-state index contributed by atoms with van der Waals surface area (Å²) in [6.07, 6.45) is 0. The summed E-state index contributed by atoms with van der Waals surface area (Å²) in [5, 5.41) is 0. The molecule has 0 spiro atoms. The van der Waals surface area contributed by atoms with Gasteiger partial charge in [0.25, 0.3) is 0 Å². The molecule has 3 heteroatoms. The molecule has 0 aliphatic rings. The number of halogens is 1. The third-order valence-electron chi connectivity index (χ3n) is 2.95. The lowest BCUT2D eigenvalue weighted by atomic mass is 10.1. The number of aryl methyl sites for hydroxylation is 2. The number of benzene rings is 2. The molecular weight excluding hydrogens is 304 g/mol. The number of hydrogen-bond acceptors (Lipinski definition) is 2. The van der Waals surface area contributed by atoms with Gasteiger partial charge in [0.05, 0.1) is 7.11 Å². The lowest BCUT2D eigenvalue weighted by Crippen LogP contribution is -1.97. The van der Waals surface area contributed by atoms with Crippen LogP contribution in [0.1, 0.15) is 16.7 Å². The van der Waals surface area contributed by atoms with Crippen molar-refractivity contribution in [2.75, 3.05) is 7.11 Å². The van der Waals surface area contributed by atoms with Gasteiger partial charge in [-0.25, -0.2) is 0 Å². The molecule has 0 aliphatic heterocycles. The molecule has 0 saturated carbocycles. The molecule has 0 atom stereocenters. The molecule has 100 valence electrons. The highest BCUT2D eigenvalue weighted by Crippen LogP contribution is 2.27. The zero-order valence-corrected chi connectivity index (χ0v) is 13.0. The van der Waals surface area contributed by atoms with Gasteiger partial charge < -0.3 is 9.47 Å². The maximum atomic E-state index is 5.83. The molecule has 0 saturated heterocycles. The second-order valence-electron chi connectivity index (χ2n) is 4.51. The van der Waals surface area contributed by atoms with Crippen LogP contribution in [0.15, 0.2) is 40.9 Å². The van der Waals surface area contributed by atoms with Gasteiger partial charge in [-0.1, -0.05) is 28.1 Å². The summed E-state index contributed by atoms with van der Waals surface area (Å²) in [5.74, 6) is 1.74. The van der Waals surface area contributed by atoms with E-state index in [0.717, 1.165) is 21.5 Å². The molecule has 0 N–H and O–H groups in total. The standard InChI is InChI=1S/C16H17BrO2/c1-11-7-15(8-12(2)16(11)17)19-10-13-5-4-6-14(9-13)18-3/h4-9H,10H2,1-3H3. The van der Waals surface area contributed by atoms with Crippen LogP contribution in [-0.4, -0.2) is 7.11 Å². The Kier molecular flexibility index (Phi) is 4.48. The number of hydrogen-bond donors (Lipinski definition) is 0. The van der Waals surface area contributed by atoms with Crippen molar-refractivity contribution >= 4 is 15.9 Å². The molecule has 0 aliphatic carbocycles. The van der Waals surface area contributed by atoms with E-state index in [0.29, 0.717) is 6.61 Å². The maximum absolute atomic E-state index is 5.83. The van der Waals surface area contributed by atoms with Gasteiger partial charge in [-0.15, -0.1) is 0 Å². The quantitative estimate of drug-likeness (QED) is 0.816. The summed E-state index contributed by atoms with van der Waals surface area (Å²) in [6, 6.07) is 12.0. The van der Waals surface area contributed by atoms with Gasteiger partial charge in [-0.3, -0.25) is 0 Å². The van der Waals surface area contributed by atoms with Crippen molar-refractivity contribution in [3.05, 3.63) is 57.6 Å². The van der Waals surface area contributed by atoms with Crippen molar-refractivity contribution in [2.24, 2.45) is 0 Å². The highest BCUT2D eigenvalue weighted by molar-refractivity contribution is 9.10. The molecule has 0 aromatic heterocycles. The predicted octanol–water partition coefficient (Wildman–Crippen LogP) is 4.65. The third-order valence-corrected chi connectivity index (χ3v) is 4.20. The Morgan fingerprint density at radius 2 is 1.68 bits per heavy atom. The maximum Gasteiger partial charge on any atom is 0.120 e. The molecule has 2 nitrogen and oxygen atoms in total. The normalized spacial score (nSPS) is 10.3. The second-order valence-corrected chi connectivity index (χ2v) is 5.30. The minimum atomic E-state index is 0.539. The summed E-state index contributed by atoms with van der Waals surface area (Å²) in [7, 11) is 1.67. The Bertz CT molecular complexity index is 556.